The molecule has 0 atom stereocenters. The number of rotatable bonds is 8. The monoisotopic (exact) mass is 373 g/mol. The highest BCUT2D eigenvalue weighted by atomic mass is 35.5. The van der Waals surface area contributed by atoms with Crippen molar-refractivity contribution in [2.75, 3.05) is 23.8 Å². The van der Waals surface area contributed by atoms with Crippen LogP contribution in [0, 0.1) is 0 Å². The van der Waals surface area contributed by atoms with E-state index in [2.05, 4.69) is 31.7 Å². The minimum absolute atomic E-state index is 0.160. The van der Waals surface area contributed by atoms with Gasteiger partial charge in [0.2, 0.25) is 17.2 Å². The molecule has 0 saturated carbocycles. The number of benzene rings is 1. The van der Waals surface area contributed by atoms with E-state index >= 15 is 0 Å². The molecule has 1 aromatic carbocycles. The van der Waals surface area contributed by atoms with Gasteiger partial charge in [0, 0.05) is 12.2 Å². The molecule has 2 N–H and O–H groups in total. The Kier molecular flexibility index (Phi) is 6.66. The van der Waals surface area contributed by atoms with E-state index in [1.54, 1.807) is 0 Å². The van der Waals surface area contributed by atoms with Gasteiger partial charge in [0.15, 0.2) is 0 Å². The molecular formula is C19H24ClN5O. The van der Waals surface area contributed by atoms with Gasteiger partial charge in [-0.2, -0.15) is 15.0 Å². The number of hydrogen-bond donors (Lipinski definition) is 2. The Morgan fingerprint density at radius 1 is 1.08 bits per heavy atom. The third kappa shape index (κ3) is 5.59. The molecule has 0 bridgehead atoms. The van der Waals surface area contributed by atoms with E-state index in [4.69, 9.17) is 16.3 Å². The molecule has 0 unspecified atom stereocenters. The Labute approximate surface area is 159 Å². The second-order valence-electron chi connectivity index (χ2n) is 6.12. The van der Waals surface area contributed by atoms with Crippen LogP contribution in [0.4, 0.5) is 17.6 Å². The fourth-order valence-corrected chi connectivity index (χ4v) is 3.04. The summed E-state index contributed by atoms with van der Waals surface area (Å²) < 4.78 is 5.44. The van der Waals surface area contributed by atoms with Crippen molar-refractivity contribution in [3.05, 3.63) is 41.2 Å². The van der Waals surface area contributed by atoms with Gasteiger partial charge in [0.1, 0.15) is 5.75 Å². The van der Waals surface area contributed by atoms with Gasteiger partial charge >= 0.3 is 0 Å². The summed E-state index contributed by atoms with van der Waals surface area (Å²) in [5.41, 5.74) is 2.37. The molecule has 0 aliphatic heterocycles. The Morgan fingerprint density at radius 3 is 2.62 bits per heavy atom. The molecule has 7 heteroatoms. The van der Waals surface area contributed by atoms with E-state index in [-0.39, 0.29) is 5.28 Å². The minimum atomic E-state index is 0.160. The summed E-state index contributed by atoms with van der Waals surface area (Å²) in [7, 11) is 0. The number of halogens is 1. The van der Waals surface area contributed by atoms with Crippen molar-refractivity contribution in [2.24, 2.45) is 0 Å². The van der Waals surface area contributed by atoms with Gasteiger partial charge in [-0.1, -0.05) is 11.6 Å². The molecule has 0 spiro atoms. The molecule has 0 amide bonds. The molecule has 3 rings (SSSR count). The molecule has 0 saturated heterocycles. The molecule has 138 valence electrons. The number of anilines is 3. The zero-order valence-electron chi connectivity index (χ0n) is 15.0. The maximum Gasteiger partial charge on any atom is 0.233 e. The summed E-state index contributed by atoms with van der Waals surface area (Å²) in [4.78, 5) is 12.7. The third-order valence-corrected chi connectivity index (χ3v) is 4.31. The molecule has 1 aliphatic carbocycles. The first kappa shape index (κ1) is 18.5. The van der Waals surface area contributed by atoms with Crippen LogP contribution in [0.2, 0.25) is 5.28 Å². The average molecular weight is 374 g/mol. The van der Waals surface area contributed by atoms with Gasteiger partial charge in [-0.25, -0.2) is 0 Å². The molecule has 0 fully saturated rings. The normalized spacial score (nSPS) is 13.8. The smallest absolute Gasteiger partial charge is 0.233 e. The van der Waals surface area contributed by atoms with Crippen LogP contribution >= 0.6 is 11.6 Å². The van der Waals surface area contributed by atoms with E-state index in [0.29, 0.717) is 18.5 Å². The van der Waals surface area contributed by atoms with Crippen molar-refractivity contribution in [2.45, 2.75) is 39.0 Å². The number of hydrogen-bond acceptors (Lipinski definition) is 6. The van der Waals surface area contributed by atoms with Crippen molar-refractivity contribution in [3.8, 4) is 5.75 Å². The zero-order valence-corrected chi connectivity index (χ0v) is 15.7. The quantitative estimate of drug-likeness (QED) is 0.636. The highest BCUT2D eigenvalue weighted by Gasteiger charge is 2.07. The summed E-state index contributed by atoms with van der Waals surface area (Å²) >= 11 is 6.04. The predicted molar refractivity (Wildman–Crippen MR) is 105 cm³/mol. The van der Waals surface area contributed by atoms with Crippen LogP contribution < -0.4 is 15.4 Å². The average Bonchev–Trinajstić information content (AvgIpc) is 2.64. The second kappa shape index (κ2) is 9.38. The van der Waals surface area contributed by atoms with Crippen molar-refractivity contribution in [1.29, 1.82) is 0 Å². The molecule has 0 radical (unpaired) electrons. The van der Waals surface area contributed by atoms with Crippen LogP contribution in [0.5, 0.6) is 5.75 Å². The zero-order chi connectivity index (χ0) is 18.2. The Balaban J connectivity index is 1.58. The van der Waals surface area contributed by atoms with E-state index in [1.165, 1.54) is 31.3 Å². The molecule has 1 aromatic heterocycles. The minimum Gasteiger partial charge on any atom is -0.494 e. The number of allylic oxidation sites excluding steroid dienone is 1. The van der Waals surface area contributed by atoms with E-state index in [0.717, 1.165) is 24.4 Å². The Hall–Kier alpha value is -2.34. The van der Waals surface area contributed by atoms with Crippen LogP contribution in [-0.2, 0) is 0 Å². The lowest BCUT2D eigenvalue weighted by Gasteiger charge is -2.13. The predicted octanol–water partition coefficient (Wildman–Crippen LogP) is 4.97. The number of nitrogens with zero attached hydrogens (tertiary/aromatic N) is 3. The third-order valence-electron chi connectivity index (χ3n) is 4.14. The lowest BCUT2D eigenvalue weighted by molar-refractivity contribution is 0.340. The van der Waals surface area contributed by atoms with Crippen LogP contribution in [0.3, 0.4) is 0 Å². The summed E-state index contributed by atoms with van der Waals surface area (Å²) in [5.74, 6) is 1.72. The summed E-state index contributed by atoms with van der Waals surface area (Å²) in [6.45, 7) is 3.38. The van der Waals surface area contributed by atoms with Crippen molar-refractivity contribution < 1.29 is 4.74 Å². The van der Waals surface area contributed by atoms with Crippen molar-refractivity contribution in [3.63, 3.8) is 0 Å². The van der Waals surface area contributed by atoms with Crippen LogP contribution in [0.25, 0.3) is 0 Å². The summed E-state index contributed by atoms with van der Waals surface area (Å²) in [5, 5.41) is 6.54. The maximum atomic E-state index is 6.04. The highest BCUT2D eigenvalue weighted by molar-refractivity contribution is 6.28. The maximum absolute atomic E-state index is 6.04. The van der Waals surface area contributed by atoms with Crippen LogP contribution in [0.1, 0.15) is 39.0 Å². The SMILES string of the molecule is CCOc1ccc(Nc2nc(Cl)nc(NCCC3=CCCCC3)n2)cc1. The number of ether oxygens (including phenoxy) is 1. The first-order chi connectivity index (χ1) is 12.7. The fourth-order valence-electron chi connectivity index (χ4n) is 2.88. The number of aromatic nitrogens is 3. The van der Waals surface area contributed by atoms with Gasteiger partial charge in [0.05, 0.1) is 6.61 Å². The number of nitrogens with one attached hydrogen (secondary N) is 2. The van der Waals surface area contributed by atoms with Gasteiger partial charge in [-0.3, -0.25) is 0 Å². The lowest BCUT2D eigenvalue weighted by atomic mass is 9.97. The fraction of sp³-hybridized carbons (Fsp3) is 0.421. The van der Waals surface area contributed by atoms with E-state index in [1.807, 2.05) is 31.2 Å². The largest absolute Gasteiger partial charge is 0.494 e. The first-order valence-electron chi connectivity index (χ1n) is 9.06. The molecule has 1 heterocycles. The second-order valence-corrected chi connectivity index (χ2v) is 6.46. The molecule has 26 heavy (non-hydrogen) atoms. The first-order valence-corrected chi connectivity index (χ1v) is 9.44. The highest BCUT2D eigenvalue weighted by Crippen LogP contribution is 2.21. The molecule has 1 aliphatic rings. The van der Waals surface area contributed by atoms with E-state index in [9.17, 15) is 0 Å². The molecular weight excluding hydrogens is 350 g/mol. The van der Waals surface area contributed by atoms with Gasteiger partial charge in [-0.05, 0) is 74.9 Å². The Bertz CT molecular complexity index is 748. The molecule has 6 nitrogen and oxygen atoms in total. The Morgan fingerprint density at radius 2 is 1.88 bits per heavy atom. The lowest BCUT2D eigenvalue weighted by Crippen LogP contribution is -2.09. The van der Waals surface area contributed by atoms with Crippen LogP contribution in [-0.4, -0.2) is 28.1 Å². The van der Waals surface area contributed by atoms with E-state index < -0.39 is 0 Å². The summed E-state index contributed by atoms with van der Waals surface area (Å²) in [6, 6.07) is 7.61. The van der Waals surface area contributed by atoms with Gasteiger partial charge in [-0.15, -0.1) is 0 Å². The molecule has 2 aromatic rings. The topological polar surface area (TPSA) is 72.0 Å². The van der Waals surface area contributed by atoms with Gasteiger partial charge < -0.3 is 15.4 Å². The van der Waals surface area contributed by atoms with Crippen molar-refractivity contribution in [1.82, 2.24) is 15.0 Å². The standard InChI is InChI=1S/C19H24ClN5O/c1-2-26-16-10-8-15(9-11-16)22-19-24-17(20)23-18(25-19)21-13-12-14-6-4-3-5-7-14/h6,8-11H,2-5,7,12-13H2,1H3,(H2,21,22,23,24,25). The van der Waals surface area contributed by atoms with Crippen molar-refractivity contribution >= 4 is 29.2 Å². The summed E-state index contributed by atoms with van der Waals surface area (Å²) in [6.07, 6.45) is 8.35. The van der Waals surface area contributed by atoms with Crippen LogP contribution in [0.15, 0.2) is 35.9 Å². The van der Waals surface area contributed by atoms with Gasteiger partial charge in [0.25, 0.3) is 0 Å².